The number of carboxylic acids is 1. The molecule has 0 aliphatic heterocycles. The van der Waals surface area contributed by atoms with E-state index >= 15 is 0 Å². The zero-order valence-electron chi connectivity index (χ0n) is 6.03. The van der Waals surface area contributed by atoms with Gasteiger partial charge < -0.3 is 15.3 Å². The van der Waals surface area contributed by atoms with Crippen LogP contribution in [0.4, 0.5) is 0 Å². The van der Waals surface area contributed by atoms with Crippen molar-refractivity contribution >= 4 is 5.97 Å². The SMILES string of the molecule is CC(C)(O)CC(O)C(=O)O. The minimum atomic E-state index is -1.47. The first-order chi connectivity index (χ1) is 4.33. The van der Waals surface area contributed by atoms with Gasteiger partial charge in [-0.2, -0.15) is 0 Å². The average Bonchev–Trinajstić information content (AvgIpc) is 1.60. The van der Waals surface area contributed by atoms with Crippen LogP contribution < -0.4 is 0 Å². The summed E-state index contributed by atoms with van der Waals surface area (Å²) in [5, 5.41) is 25.9. The van der Waals surface area contributed by atoms with E-state index in [-0.39, 0.29) is 6.42 Å². The predicted octanol–water partition coefficient (Wildman–Crippen LogP) is -0.407. The van der Waals surface area contributed by atoms with Gasteiger partial charge in [-0.3, -0.25) is 0 Å². The Kier molecular flexibility index (Phi) is 2.80. The van der Waals surface area contributed by atoms with Gasteiger partial charge in [0, 0.05) is 6.42 Å². The van der Waals surface area contributed by atoms with E-state index < -0.39 is 17.7 Å². The molecule has 0 aromatic heterocycles. The molecule has 1 atom stereocenters. The zero-order chi connectivity index (χ0) is 8.36. The van der Waals surface area contributed by atoms with Gasteiger partial charge in [0.15, 0.2) is 6.10 Å². The van der Waals surface area contributed by atoms with Crippen molar-refractivity contribution in [2.24, 2.45) is 0 Å². The molecule has 3 N–H and O–H groups in total. The lowest BCUT2D eigenvalue weighted by molar-refractivity contribution is -0.149. The Morgan fingerprint density at radius 3 is 2.10 bits per heavy atom. The third-order valence-corrected chi connectivity index (χ3v) is 0.978. The van der Waals surface area contributed by atoms with Gasteiger partial charge in [-0.05, 0) is 13.8 Å². The minimum absolute atomic E-state index is 0.150. The van der Waals surface area contributed by atoms with Crippen LogP contribution in [0.1, 0.15) is 20.3 Å². The molecule has 0 aromatic rings. The summed E-state index contributed by atoms with van der Waals surface area (Å²) in [6.45, 7) is 2.89. The maximum Gasteiger partial charge on any atom is 0.332 e. The number of aliphatic hydroxyl groups is 2. The van der Waals surface area contributed by atoms with Crippen LogP contribution in [0.15, 0.2) is 0 Å². The van der Waals surface area contributed by atoms with Crippen LogP contribution in [0.25, 0.3) is 0 Å². The summed E-state index contributed by atoms with van der Waals surface area (Å²) in [6.07, 6.45) is -1.62. The Morgan fingerprint density at radius 1 is 1.60 bits per heavy atom. The number of carbonyl (C=O) groups is 1. The van der Waals surface area contributed by atoms with Crippen LogP contribution in [-0.4, -0.2) is 33.0 Å². The summed E-state index contributed by atoms with van der Waals surface area (Å²) in [5.74, 6) is -1.30. The lowest BCUT2D eigenvalue weighted by atomic mass is 10.0. The lowest BCUT2D eigenvalue weighted by Gasteiger charge is -2.18. The van der Waals surface area contributed by atoms with Crippen molar-refractivity contribution in [3.63, 3.8) is 0 Å². The molecule has 4 heteroatoms. The van der Waals surface area contributed by atoms with Crippen LogP contribution in [0.3, 0.4) is 0 Å². The first-order valence-electron chi connectivity index (χ1n) is 2.96. The maximum absolute atomic E-state index is 10.0. The molecule has 0 bridgehead atoms. The van der Waals surface area contributed by atoms with Gasteiger partial charge in [0.25, 0.3) is 0 Å². The number of carboxylic acid groups (broad SMARTS) is 1. The van der Waals surface area contributed by atoms with Crippen molar-refractivity contribution in [1.29, 1.82) is 0 Å². The Hall–Kier alpha value is -0.610. The Morgan fingerprint density at radius 2 is 2.00 bits per heavy atom. The molecular weight excluding hydrogens is 136 g/mol. The summed E-state index contributed by atoms with van der Waals surface area (Å²) in [5.41, 5.74) is -1.13. The fourth-order valence-corrected chi connectivity index (χ4v) is 0.560. The number of rotatable bonds is 3. The highest BCUT2D eigenvalue weighted by Gasteiger charge is 2.23. The molecule has 0 radical (unpaired) electrons. The van der Waals surface area contributed by atoms with Gasteiger partial charge in [0.05, 0.1) is 5.60 Å². The molecule has 0 aliphatic carbocycles. The molecule has 0 rings (SSSR count). The van der Waals surface area contributed by atoms with Crippen molar-refractivity contribution in [3.8, 4) is 0 Å². The second-order valence-corrected chi connectivity index (χ2v) is 2.87. The fourth-order valence-electron chi connectivity index (χ4n) is 0.560. The summed E-state index contributed by atoms with van der Waals surface area (Å²) in [6, 6.07) is 0. The second kappa shape index (κ2) is 2.98. The molecule has 4 nitrogen and oxygen atoms in total. The minimum Gasteiger partial charge on any atom is -0.479 e. The quantitative estimate of drug-likeness (QED) is 0.508. The van der Waals surface area contributed by atoms with Gasteiger partial charge in [0.2, 0.25) is 0 Å². The third kappa shape index (κ3) is 4.29. The van der Waals surface area contributed by atoms with E-state index in [4.69, 9.17) is 15.3 Å². The zero-order valence-corrected chi connectivity index (χ0v) is 6.03. The first-order valence-corrected chi connectivity index (χ1v) is 2.96. The van der Waals surface area contributed by atoms with Gasteiger partial charge in [-0.25, -0.2) is 4.79 Å². The van der Waals surface area contributed by atoms with Crippen molar-refractivity contribution in [2.75, 3.05) is 0 Å². The van der Waals surface area contributed by atoms with Crippen molar-refractivity contribution in [3.05, 3.63) is 0 Å². The van der Waals surface area contributed by atoms with E-state index in [1.807, 2.05) is 0 Å². The Labute approximate surface area is 59.1 Å². The van der Waals surface area contributed by atoms with E-state index in [1.54, 1.807) is 0 Å². The lowest BCUT2D eigenvalue weighted by Crippen LogP contribution is -2.31. The molecule has 0 spiro atoms. The highest BCUT2D eigenvalue weighted by atomic mass is 16.4. The normalized spacial score (nSPS) is 14.8. The molecule has 0 saturated heterocycles. The number of aliphatic hydroxyl groups excluding tert-OH is 1. The Balaban J connectivity index is 3.80. The van der Waals surface area contributed by atoms with Gasteiger partial charge in [0.1, 0.15) is 0 Å². The van der Waals surface area contributed by atoms with E-state index in [1.165, 1.54) is 13.8 Å². The second-order valence-electron chi connectivity index (χ2n) is 2.87. The molecule has 0 fully saturated rings. The maximum atomic E-state index is 10.0. The van der Waals surface area contributed by atoms with E-state index in [0.717, 1.165) is 0 Å². The largest absolute Gasteiger partial charge is 0.479 e. The van der Waals surface area contributed by atoms with Gasteiger partial charge in [-0.1, -0.05) is 0 Å². The topological polar surface area (TPSA) is 77.8 Å². The number of hydrogen-bond donors (Lipinski definition) is 3. The molecule has 1 unspecified atom stereocenters. The Bertz CT molecular complexity index is 124. The highest BCUT2D eigenvalue weighted by Crippen LogP contribution is 2.10. The smallest absolute Gasteiger partial charge is 0.332 e. The van der Waals surface area contributed by atoms with Crippen molar-refractivity contribution in [2.45, 2.75) is 32.0 Å². The van der Waals surface area contributed by atoms with Crippen molar-refractivity contribution in [1.82, 2.24) is 0 Å². The summed E-state index contributed by atoms with van der Waals surface area (Å²) in [4.78, 5) is 10.0. The summed E-state index contributed by atoms with van der Waals surface area (Å²) < 4.78 is 0. The molecule has 0 amide bonds. The highest BCUT2D eigenvalue weighted by molar-refractivity contribution is 5.71. The predicted molar refractivity (Wildman–Crippen MR) is 34.6 cm³/mol. The third-order valence-electron chi connectivity index (χ3n) is 0.978. The standard InChI is InChI=1S/C6H12O4/c1-6(2,10)3-4(7)5(8)9/h4,7,10H,3H2,1-2H3,(H,8,9). The number of aliphatic carboxylic acids is 1. The van der Waals surface area contributed by atoms with Crippen LogP contribution >= 0.6 is 0 Å². The van der Waals surface area contributed by atoms with Gasteiger partial charge >= 0.3 is 5.97 Å². The van der Waals surface area contributed by atoms with Crippen molar-refractivity contribution < 1.29 is 20.1 Å². The molecular formula is C6H12O4. The molecule has 0 heterocycles. The van der Waals surface area contributed by atoms with Gasteiger partial charge in [-0.15, -0.1) is 0 Å². The molecule has 60 valence electrons. The summed E-state index contributed by atoms with van der Waals surface area (Å²) >= 11 is 0. The van der Waals surface area contributed by atoms with E-state index in [9.17, 15) is 4.79 Å². The molecule has 0 saturated carbocycles. The fraction of sp³-hybridized carbons (Fsp3) is 0.833. The average molecular weight is 148 g/mol. The number of hydrogen-bond acceptors (Lipinski definition) is 3. The van der Waals surface area contributed by atoms with Crippen LogP contribution in [-0.2, 0) is 4.79 Å². The molecule has 10 heavy (non-hydrogen) atoms. The van der Waals surface area contributed by atoms with Crippen LogP contribution in [0, 0.1) is 0 Å². The van der Waals surface area contributed by atoms with Crippen LogP contribution in [0.5, 0.6) is 0 Å². The van der Waals surface area contributed by atoms with Crippen LogP contribution in [0.2, 0.25) is 0 Å². The summed E-state index contributed by atoms with van der Waals surface area (Å²) in [7, 11) is 0. The van der Waals surface area contributed by atoms with E-state index in [0.29, 0.717) is 0 Å². The van der Waals surface area contributed by atoms with E-state index in [2.05, 4.69) is 0 Å². The molecule has 0 aromatic carbocycles. The first kappa shape index (κ1) is 9.39. The molecule has 0 aliphatic rings. The monoisotopic (exact) mass is 148 g/mol.